The molecule has 1 aromatic rings. The largest absolute Gasteiger partial charge is 0.370 e. The molecule has 1 saturated heterocycles. The first kappa shape index (κ1) is 18.2. The molecule has 1 aromatic carbocycles. The molecule has 5 aliphatic rings. The van der Waals surface area contributed by atoms with Crippen molar-refractivity contribution in [3.8, 4) is 0 Å². The summed E-state index contributed by atoms with van der Waals surface area (Å²) in [6.07, 6.45) is 6.98. The molecule has 0 spiro atoms. The molecule has 1 heterocycles. The Labute approximate surface area is 166 Å². The molecule has 0 aromatic heterocycles. The summed E-state index contributed by atoms with van der Waals surface area (Å²) in [4.78, 5) is 27.7. The zero-order chi connectivity index (χ0) is 19.1. The SMILES string of the molecule is O=C(CNC(=O)C12CC3CC(CC(C3)C1)C2)N1CCOC(c2ccccc2)C1. The lowest BCUT2D eigenvalue weighted by molar-refractivity contribution is -0.149. The molecule has 0 radical (unpaired) electrons. The van der Waals surface area contributed by atoms with Gasteiger partial charge in [0.15, 0.2) is 0 Å². The molecule has 4 aliphatic carbocycles. The van der Waals surface area contributed by atoms with Gasteiger partial charge in [0.2, 0.25) is 11.8 Å². The highest BCUT2D eigenvalue weighted by molar-refractivity contribution is 5.88. The Hall–Kier alpha value is -1.88. The van der Waals surface area contributed by atoms with E-state index < -0.39 is 0 Å². The predicted octanol–water partition coefficient (Wildman–Crippen LogP) is 2.92. The van der Waals surface area contributed by atoms with Crippen molar-refractivity contribution in [1.29, 1.82) is 0 Å². The Morgan fingerprint density at radius 1 is 1.04 bits per heavy atom. The number of rotatable bonds is 4. The molecule has 1 aliphatic heterocycles. The van der Waals surface area contributed by atoms with Crippen LogP contribution >= 0.6 is 0 Å². The lowest BCUT2D eigenvalue weighted by Gasteiger charge is -2.55. The zero-order valence-corrected chi connectivity index (χ0v) is 16.4. The van der Waals surface area contributed by atoms with E-state index in [2.05, 4.69) is 5.32 Å². The maximum absolute atomic E-state index is 13.1. The molecule has 4 saturated carbocycles. The summed E-state index contributed by atoms with van der Waals surface area (Å²) < 4.78 is 5.85. The number of benzene rings is 1. The number of hydrogen-bond acceptors (Lipinski definition) is 3. The number of ether oxygens (including phenoxy) is 1. The molecular weight excluding hydrogens is 352 g/mol. The molecule has 150 valence electrons. The van der Waals surface area contributed by atoms with Crippen molar-refractivity contribution in [2.24, 2.45) is 23.2 Å². The Bertz CT molecular complexity index is 712. The molecule has 28 heavy (non-hydrogen) atoms. The molecule has 2 amide bonds. The van der Waals surface area contributed by atoms with E-state index in [0.29, 0.717) is 19.7 Å². The first-order valence-corrected chi connectivity index (χ1v) is 10.8. The zero-order valence-electron chi connectivity index (χ0n) is 16.4. The molecule has 5 nitrogen and oxygen atoms in total. The predicted molar refractivity (Wildman–Crippen MR) is 105 cm³/mol. The highest BCUT2D eigenvalue weighted by Crippen LogP contribution is 2.60. The van der Waals surface area contributed by atoms with E-state index in [1.54, 1.807) is 0 Å². The molecule has 6 rings (SSSR count). The average molecular weight is 383 g/mol. The third-order valence-corrected chi connectivity index (χ3v) is 7.51. The summed E-state index contributed by atoms with van der Waals surface area (Å²) >= 11 is 0. The van der Waals surface area contributed by atoms with Crippen LogP contribution in [0.25, 0.3) is 0 Å². The lowest BCUT2D eigenvalue weighted by atomic mass is 9.49. The second-order valence-electron chi connectivity index (χ2n) is 9.49. The fourth-order valence-corrected chi connectivity index (χ4v) is 6.59. The van der Waals surface area contributed by atoms with Gasteiger partial charge in [0.05, 0.1) is 19.7 Å². The van der Waals surface area contributed by atoms with Gasteiger partial charge in [0.25, 0.3) is 0 Å². The Kier molecular flexibility index (Phi) is 4.66. The van der Waals surface area contributed by atoms with E-state index in [9.17, 15) is 9.59 Å². The summed E-state index contributed by atoms with van der Waals surface area (Å²) in [6, 6.07) is 10.0. The maximum atomic E-state index is 13.1. The standard InChI is InChI=1S/C23H30N2O3/c26-21(25-6-7-28-20(15-25)19-4-2-1-3-5-19)14-24-22(27)23-11-16-8-17(12-23)10-18(9-16)13-23/h1-5,16-18,20H,6-15H2,(H,24,27). The fourth-order valence-electron chi connectivity index (χ4n) is 6.59. The summed E-state index contributed by atoms with van der Waals surface area (Å²) in [5.41, 5.74) is 0.907. The van der Waals surface area contributed by atoms with Crippen LogP contribution in [0.1, 0.15) is 50.2 Å². The topological polar surface area (TPSA) is 58.6 Å². The molecule has 4 bridgehead atoms. The Balaban J connectivity index is 1.18. The van der Waals surface area contributed by atoms with Crippen LogP contribution in [0.4, 0.5) is 0 Å². The third-order valence-electron chi connectivity index (χ3n) is 7.51. The first-order valence-electron chi connectivity index (χ1n) is 10.8. The van der Waals surface area contributed by atoms with Gasteiger partial charge < -0.3 is 15.0 Å². The number of carbonyl (C=O) groups is 2. The van der Waals surface area contributed by atoms with Gasteiger partial charge in [0.1, 0.15) is 6.10 Å². The fraction of sp³-hybridized carbons (Fsp3) is 0.652. The number of morpholine rings is 1. The van der Waals surface area contributed by atoms with Gasteiger partial charge in [-0.1, -0.05) is 30.3 Å². The van der Waals surface area contributed by atoms with Crippen LogP contribution in [0.5, 0.6) is 0 Å². The van der Waals surface area contributed by atoms with Crippen LogP contribution in [0.3, 0.4) is 0 Å². The molecular formula is C23H30N2O3. The van der Waals surface area contributed by atoms with Crippen molar-refractivity contribution in [2.45, 2.75) is 44.6 Å². The highest BCUT2D eigenvalue weighted by atomic mass is 16.5. The minimum atomic E-state index is -0.188. The van der Waals surface area contributed by atoms with Crippen LogP contribution in [0.15, 0.2) is 30.3 Å². The normalized spacial score (nSPS) is 36.4. The second-order valence-corrected chi connectivity index (χ2v) is 9.49. The van der Waals surface area contributed by atoms with Crippen molar-refractivity contribution in [3.63, 3.8) is 0 Å². The van der Waals surface area contributed by atoms with E-state index in [0.717, 1.165) is 42.6 Å². The average Bonchev–Trinajstić information content (AvgIpc) is 2.71. The first-order chi connectivity index (χ1) is 13.6. The highest BCUT2D eigenvalue weighted by Gasteiger charge is 2.54. The number of hydrogen-bond donors (Lipinski definition) is 1. The van der Waals surface area contributed by atoms with E-state index in [1.165, 1.54) is 19.3 Å². The maximum Gasteiger partial charge on any atom is 0.242 e. The summed E-state index contributed by atoms with van der Waals surface area (Å²) in [6.45, 7) is 1.79. The summed E-state index contributed by atoms with van der Waals surface area (Å²) in [5, 5.41) is 3.02. The van der Waals surface area contributed by atoms with Crippen LogP contribution in [0, 0.1) is 23.2 Å². The number of carbonyl (C=O) groups excluding carboxylic acids is 2. The Morgan fingerprint density at radius 2 is 1.68 bits per heavy atom. The summed E-state index contributed by atoms with van der Waals surface area (Å²) in [7, 11) is 0. The minimum Gasteiger partial charge on any atom is -0.370 e. The molecule has 1 atom stereocenters. The molecule has 5 heteroatoms. The van der Waals surface area contributed by atoms with E-state index in [1.807, 2.05) is 35.2 Å². The van der Waals surface area contributed by atoms with E-state index in [4.69, 9.17) is 4.74 Å². The van der Waals surface area contributed by atoms with Crippen molar-refractivity contribution < 1.29 is 14.3 Å². The van der Waals surface area contributed by atoms with Crippen molar-refractivity contribution in [1.82, 2.24) is 10.2 Å². The van der Waals surface area contributed by atoms with E-state index in [-0.39, 0.29) is 29.9 Å². The van der Waals surface area contributed by atoms with Gasteiger partial charge >= 0.3 is 0 Å². The molecule has 1 N–H and O–H groups in total. The molecule has 1 unspecified atom stereocenters. The monoisotopic (exact) mass is 382 g/mol. The number of nitrogens with zero attached hydrogens (tertiary/aromatic N) is 1. The van der Waals surface area contributed by atoms with Gasteiger partial charge in [-0.05, 0) is 61.8 Å². The number of nitrogens with one attached hydrogen (secondary N) is 1. The Morgan fingerprint density at radius 3 is 2.32 bits per heavy atom. The van der Waals surface area contributed by atoms with Crippen LogP contribution in [-0.4, -0.2) is 43.0 Å². The van der Waals surface area contributed by atoms with Crippen molar-refractivity contribution >= 4 is 11.8 Å². The minimum absolute atomic E-state index is 0.00214. The van der Waals surface area contributed by atoms with Crippen LogP contribution in [0.2, 0.25) is 0 Å². The van der Waals surface area contributed by atoms with Crippen molar-refractivity contribution in [3.05, 3.63) is 35.9 Å². The lowest BCUT2D eigenvalue weighted by Crippen LogP contribution is -2.55. The summed E-state index contributed by atoms with van der Waals surface area (Å²) in [5.74, 6) is 2.34. The van der Waals surface area contributed by atoms with Gasteiger partial charge in [0, 0.05) is 12.0 Å². The second kappa shape index (κ2) is 7.18. The smallest absolute Gasteiger partial charge is 0.242 e. The molecule has 5 fully saturated rings. The van der Waals surface area contributed by atoms with Gasteiger partial charge in [-0.15, -0.1) is 0 Å². The number of amides is 2. The van der Waals surface area contributed by atoms with Crippen molar-refractivity contribution in [2.75, 3.05) is 26.2 Å². The van der Waals surface area contributed by atoms with Crippen LogP contribution in [-0.2, 0) is 14.3 Å². The van der Waals surface area contributed by atoms with Gasteiger partial charge in [-0.2, -0.15) is 0 Å². The van der Waals surface area contributed by atoms with E-state index >= 15 is 0 Å². The van der Waals surface area contributed by atoms with Gasteiger partial charge in [-0.3, -0.25) is 9.59 Å². The van der Waals surface area contributed by atoms with Crippen LogP contribution < -0.4 is 5.32 Å². The quantitative estimate of drug-likeness (QED) is 0.871. The third kappa shape index (κ3) is 3.34. The van der Waals surface area contributed by atoms with Gasteiger partial charge in [-0.25, -0.2) is 0 Å².